The minimum atomic E-state index is -0.380. The number of nitrogens with zero attached hydrogens (tertiary/aromatic N) is 1. The predicted octanol–water partition coefficient (Wildman–Crippen LogP) is 3.31. The van der Waals surface area contributed by atoms with Gasteiger partial charge in [-0.15, -0.1) is 0 Å². The summed E-state index contributed by atoms with van der Waals surface area (Å²) in [7, 11) is 0. The Hall–Kier alpha value is -1.41. The summed E-state index contributed by atoms with van der Waals surface area (Å²) >= 11 is 0. The molecule has 0 radical (unpaired) electrons. The molecular formula is C14H17NO. The number of benzene rings is 1. The van der Waals surface area contributed by atoms with Crippen LogP contribution in [0.25, 0.3) is 10.9 Å². The van der Waals surface area contributed by atoms with Crippen molar-refractivity contribution in [3.63, 3.8) is 0 Å². The van der Waals surface area contributed by atoms with Crippen molar-refractivity contribution < 1.29 is 5.11 Å². The van der Waals surface area contributed by atoms with Crippen molar-refractivity contribution in [2.24, 2.45) is 5.92 Å². The molecule has 0 saturated carbocycles. The average Bonchev–Trinajstić information content (AvgIpc) is 2.36. The van der Waals surface area contributed by atoms with E-state index >= 15 is 0 Å². The topological polar surface area (TPSA) is 33.1 Å². The maximum absolute atomic E-state index is 10.1. The van der Waals surface area contributed by atoms with Gasteiger partial charge in [-0.3, -0.25) is 4.98 Å². The molecule has 0 saturated heterocycles. The van der Waals surface area contributed by atoms with E-state index in [1.54, 1.807) is 6.20 Å². The number of hydrogen-bond acceptors (Lipinski definition) is 2. The standard InChI is InChI=1S/C14H17NO/c1-3-10(2)14(16)12-6-7-13-11(9-12)5-4-8-15-13/h4-10,14,16H,3H2,1-2H3/t10-,14?/m1/s1. The zero-order valence-electron chi connectivity index (χ0n) is 9.72. The molecule has 0 aliphatic carbocycles. The zero-order chi connectivity index (χ0) is 11.5. The lowest BCUT2D eigenvalue weighted by molar-refractivity contribution is 0.115. The van der Waals surface area contributed by atoms with Gasteiger partial charge in [-0.2, -0.15) is 0 Å². The van der Waals surface area contributed by atoms with Crippen LogP contribution in [0.3, 0.4) is 0 Å². The summed E-state index contributed by atoms with van der Waals surface area (Å²) in [5, 5.41) is 11.2. The van der Waals surface area contributed by atoms with Crippen LogP contribution in [0.4, 0.5) is 0 Å². The van der Waals surface area contributed by atoms with Crippen LogP contribution in [0.5, 0.6) is 0 Å². The van der Waals surface area contributed by atoms with E-state index in [-0.39, 0.29) is 12.0 Å². The molecule has 1 heterocycles. The molecule has 1 aromatic heterocycles. The van der Waals surface area contributed by atoms with Gasteiger partial charge in [-0.05, 0) is 29.7 Å². The molecule has 0 amide bonds. The number of rotatable bonds is 3. The fourth-order valence-corrected chi connectivity index (χ4v) is 1.83. The van der Waals surface area contributed by atoms with Crippen molar-refractivity contribution >= 4 is 10.9 Å². The molecule has 0 aliphatic heterocycles. The summed E-state index contributed by atoms with van der Waals surface area (Å²) in [4.78, 5) is 4.27. The van der Waals surface area contributed by atoms with Crippen LogP contribution in [-0.2, 0) is 0 Å². The van der Waals surface area contributed by atoms with Gasteiger partial charge >= 0.3 is 0 Å². The molecule has 1 unspecified atom stereocenters. The van der Waals surface area contributed by atoms with Gasteiger partial charge in [-0.25, -0.2) is 0 Å². The highest BCUT2D eigenvalue weighted by Gasteiger charge is 2.14. The Morgan fingerprint density at radius 3 is 2.88 bits per heavy atom. The highest BCUT2D eigenvalue weighted by Crippen LogP contribution is 2.26. The van der Waals surface area contributed by atoms with Crippen LogP contribution in [0.2, 0.25) is 0 Å². The van der Waals surface area contributed by atoms with E-state index in [2.05, 4.69) is 18.8 Å². The summed E-state index contributed by atoms with van der Waals surface area (Å²) in [6.45, 7) is 4.16. The number of hydrogen-bond donors (Lipinski definition) is 1. The number of aliphatic hydroxyl groups excluding tert-OH is 1. The van der Waals surface area contributed by atoms with Crippen molar-refractivity contribution in [2.45, 2.75) is 26.4 Å². The van der Waals surface area contributed by atoms with Gasteiger partial charge in [0.2, 0.25) is 0 Å². The summed E-state index contributed by atoms with van der Waals surface area (Å²) in [6, 6.07) is 9.90. The first-order chi connectivity index (χ1) is 7.72. The Balaban J connectivity index is 2.39. The van der Waals surface area contributed by atoms with Crippen molar-refractivity contribution in [1.29, 1.82) is 0 Å². The lowest BCUT2D eigenvalue weighted by Crippen LogP contribution is -2.07. The molecular weight excluding hydrogens is 198 g/mol. The molecule has 1 N–H and O–H groups in total. The molecule has 2 heteroatoms. The number of aromatic nitrogens is 1. The van der Waals surface area contributed by atoms with Crippen LogP contribution in [0, 0.1) is 5.92 Å². The molecule has 2 atom stereocenters. The molecule has 16 heavy (non-hydrogen) atoms. The Morgan fingerprint density at radius 2 is 2.12 bits per heavy atom. The van der Waals surface area contributed by atoms with Crippen LogP contribution < -0.4 is 0 Å². The van der Waals surface area contributed by atoms with E-state index in [0.29, 0.717) is 0 Å². The summed E-state index contributed by atoms with van der Waals surface area (Å²) < 4.78 is 0. The first-order valence-electron chi connectivity index (χ1n) is 5.75. The third kappa shape index (κ3) is 2.07. The predicted molar refractivity (Wildman–Crippen MR) is 66.2 cm³/mol. The fraction of sp³-hybridized carbons (Fsp3) is 0.357. The maximum atomic E-state index is 10.1. The molecule has 2 nitrogen and oxygen atoms in total. The fourth-order valence-electron chi connectivity index (χ4n) is 1.83. The number of fused-ring (bicyclic) bond motifs is 1. The first-order valence-corrected chi connectivity index (χ1v) is 5.75. The highest BCUT2D eigenvalue weighted by molar-refractivity contribution is 5.79. The van der Waals surface area contributed by atoms with Crippen LogP contribution in [0.1, 0.15) is 31.9 Å². The Bertz CT molecular complexity index is 481. The zero-order valence-corrected chi connectivity index (χ0v) is 9.72. The smallest absolute Gasteiger partial charge is 0.0815 e. The molecule has 0 bridgehead atoms. The van der Waals surface area contributed by atoms with Crippen LogP contribution in [0.15, 0.2) is 36.5 Å². The number of pyridine rings is 1. The maximum Gasteiger partial charge on any atom is 0.0815 e. The Kier molecular flexibility index (Phi) is 3.20. The van der Waals surface area contributed by atoms with E-state index in [4.69, 9.17) is 0 Å². The molecule has 0 aliphatic rings. The molecule has 0 fully saturated rings. The molecule has 1 aromatic carbocycles. The second-order valence-corrected chi connectivity index (χ2v) is 4.29. The molecule has 0 spiro atoms. The van der Waals surface area contributed by atoms with E-state index in [9.17, 15) is 5.11 Å². The van der Waals surface area contributed by atoms with E-state index in [1.807, 2.05) is 30.3 Å². The van der Waals surface area contributed by atoms with Crippen molar-refractivity contribution in [2.75, 3.05) is 0 Å². The van der Waals surface area contributed by atoms with Crippen molar-refractivity contribution in [3.8, 4) is 0 Å². The van der Waals surface area contributed by atoms with Crippen LogP contribution in [-0.4, -0.2) is 10.1 Å². The molecule has 84 valence electrons. The Morgan fingerprint density at radius 1 is 1.31 bits per heavy atom. The molecule has 2 rings (SSSR count). The number of aliphatic hydroxyl groups is 1. The van der Waals surface area contributed by atoms with E-state index < -0.39 is 0 Å². The Labute approximate surface area is 96.0 Å². The average molecular weight is 215 g/mol. The third-order valence-corrected chi connectivity index (χ3v) is 3.15. The second kappa shape index (κ2) is 4.62. The third-order valence-electron chi connectivity index (χ3n) is 3.15. The van der Waals surface area contributed by atoms with Gasteiger partial charge in [0, 0.05) is 11.6 Å². The molecule has 2 aromatic rings. The lowest BCUT2D eigenvalue weighted by atomic mass is 9.94. The van der Waals surface area contributed by atoms with Gasteiger partial charge in [0.1, 0.15) is 0 Å². The summed E-state index contributed by atoms with van der Waals surface area (Å²) in [6.07, 6.45) is 2.38. The van der Waals surface area contributed by atoms with Gasteiger partial charge in [0.05, 0.1) is 11.6 Å². The largest absolute Gasteiger partial charge is 0.388 e. The van der Waals surface area contributed by atoms with Crippen LogP contribution >= 0.6 is 0 Å². The summed E-state index contributed by atoms with van der Waals surface area (Å²) in [5.74, 6) is 0.286. The van der Waals surface area contributed by atoms with Gasteiger partial charge in [-0.1, -0.05) is 32.4 Å². The second-order valence-electron chi connectivity index (χ2n) is 4.29. The van der Waals surface area contributed by atoms with Crippen molar-refractivity contribution in [3.05, 3.63) is 42.1 Å². The van der Waals surface area contributed by atoms with Gasteiger partial charge in [0.15, 0.2) is 0 Å². The minimum Gasteiger partial charge on any atom is -0.388 e. The lowest BCUT2D eigenvalue weighted by Gasteiger charge is -2.17. The minimum absolute atomic E-state index is 0.286. The van der Waals surface area contributed by atoms with Gasteiger partial charge in [0.25, 0.3) is 0 Å². The van der Waals surface area contributed by atoms with E-state index in [1.165, 1.54) is 0 Å². The quantitative estimate of drug-likeness (QED) is 0.852. The monoisotopic (exact) mass is 215 g/mol. The summed E-state index contributed by atoms with van der Waals surface area (Å²) in [5.41, 5.74) is 1.96. The highest BCUT2D eigenvalue weighted by atomic mass is 16.3. The van der Waals surface area contributed by atoms with Gasteiger partial charge < -0.3 is 5.11 Å². The first kappa shape index (κ1) is 11.1. The SMILES string of the molecule is CC[C@@H](C)C(O)c1ccc2ncccc2c1. The van der Waals surface area contributed by atoms with Crippen molar-refractivity contribution in [1.82, 2.24) is 4.98 Å². The van der Waals surface area contributed by atoms with E-state index in [0.717, 1.165) is 22.9 Å². The normalized spacial score (nSPS) is 14.9.